The molecule has 4 aromatic rings. The molecule has 1 atom stereocenters. The average Bonchev–Trinajstić information content (AvgIpc) is 3.31. The zero-order valence-corrected chi connectivity index (χ0v) is 18.0. The molecule has 2 amide bonds. The Hall–Kier alpha value is -4.40. The van der Waals surface area contributed by atoms with Crippen LogP contribution in [0.1, 0.15) is 45.1 Å². The number of para-hydroxylation sites is 2. The smallest absolute Gasteiger partial charge is 0.258 e. The number of hydrogen-bond acceptors (Lipinski definition) is 5. The van der Waals surface area contributed by atoms with Crippen molar-refractivity contribution in [1.29, 1.82) is 0 Å². The number of nitrogens with zero attached hydrogens (tertiary/aromatic N) is 4. The summed E-state index contributed by atoms with van der Waals surface area (Å²) in [6, 6.07) is 19.5. The SMILES string of the molecule is Cc1cccc(C(=O)NC(C)c2nnnn2-c2ccccc2)c1NC(=O)c1ccccc1F. The number of aryl methyl sites for hydroxylation is 1. The van der Waals surface area contributed by atoms with Gasteiger partial charge >= 0.3 is 0 Å². The van der Waals surface area contributed by atoms with Gasteiger partial charge in [0, 0.05) is 0 Å². The number of aromatic nitrogens is 4. The fraction of sp³-hybridized carbons (Fsp3) is 0.125. The molecule has 0 aliphatic rings. The van der Waals surface area contributed by atoms with Gasteiger partial charge < -0.3 is 10.6 Å². The summed E-state index contributed by atoms with van der Waals surface area (Å²) in [5.41, 5.74) is 1.85. The second kappa shape index (κ2) is 9.39. The first-order valence-electron chi connectivity index (χ1n) is 10.3. The maximum absolute atomic E-state index is 14.0. The van der Waals surface area contributed by atoms with Crippen LogP contribution in [-0.4, -0.2) is 32.0 Å². The first-order chi connectivity index (χ1) is 16.0. The number of tetrazole rings is 1. The van der Waals surface area contributed by atoms with Crippen molar-refractivity contribution < 1.29 is 14.0 Å². The molecule has 0 saturated heterocycles. The van der Waals surface area contributed by atoms with E-state index in [1.165, 1.54) is 18.2 Å². The molecule has 0 aliphatic heterocycles. The topological polar surface area (TPSA) is 102 Å². The van der Waals surface area contributed by atoms with Gasteiger partial charge in [-0.1, -0.05) is 42.5 Å². The summed E-state index contributed by atoms with van der Waals surface area (Å²) in [5.74, 6) is -1.27. The van der Waals surface area contributed by atoms with Gasteiger partial charge in [-0.05, 0) is 60.2 Å². The number of carbonyl (C=O) groups is 2. The summed E-state index contributed by atoms with van der Waals surface area (Å²) in [4.78, 5) is 25.8. The predicted octanol–water partition coefficient (Wildman–Crippen LogP) is 3.85. The third-order valence-electron chi connectivity index (χ3n) is 5.10. The molecule has 0 radical (unpaired) electrons. The van der Waals surface area contributed by atoms with Crippen molar-refractivity contribution in [3.05, 3.63) is 101 Å². The number of rotatable bonds is 6. The van der Waals surface area contributed by atoms with Crippen molar-refractivity contribution in [3.8, 4) is 5.69 Å². The van der Waals surface area contributed by atoms with Crippen LogP contribution in [0.2, 0.25) is 0 Å². The monoisotopic (exact) mass is 444 g/mol. The first-order valence-corrected chi connectivity index (χ1v) is 10.3. The second-order valence-electron chi connectivity index (χ2n) is 7.41. The van der Waals surface area contributed by atoms with Crippen LogP contribution in [0.4, 0.5) is 10.1 Å². The molecule has 2 N–H and O–H groups in total. The van der Waals surface area contributed by atoms with E-state index >= 15 is 0 Å². The summed E-state index contributed by atoms with van der Waals surface area (Å²) in [7, 11) is 0. The fourth-order valence-corrected chi connectivity index (χ4v) is 3.41. The number of anilines is 1. The van der Waals surface area contributed by atoms with Gasteiger partial charge in [0.1, 0.15) is 5.82 Å². The van der Waals surface area contributed by atoms with E-state index < -0.39 is 23.7 Å². The lowest BCUT2D eigenvalue weighted by molar-refractivity contribution is 0.0938. The van der Waals surface area contributed by atoms with E-state index in [-0.39, 0.29) is 11.1 Å². The Labute approximate surface area is 189 Å². The van der Waals surface area contributed by atoms with Crippen LogP contribution in [0.5, 0.6) is 0 Å². The van der Waals surface area contributed by atoms with Crippen molar-refractivity contribution in [2.24, 2.45) is 0 Å². The maximum atomic E-state index is 14.0. The Balaban J connectivity index is 1.58. The van der Waals surface area contributed by atoms with Gasteiger partial charge in [-0.25, -0.2) is 4.39 Å². The van der Waals surface area contributed by atoms with E-state index in [0.717, 1.165) is 5.69 Å². The van der Waals surface area contributed by atoms with Gasteiger partial charge in [-0.15, -0.1) is 5.10 Å². The van der Waals surface area contributed by atoms with Crippen molar-refractivity contribution in [2.75, 3.05) is 5.32 Å². The van der Waals surface area contributed by atoms with Crippen LogP contribution in [0.3, 0.4) is 0 Å². The number of benzene rings is 3. The minimum atomic E-state index is -0.643. The van der Waals surface area contributed by atoms with E-state index in [1.807, 2.05) is 30.3 Å². The maximum Gasteiger partial charge on any atom is 0.258 e. The summed E-state index contributed by atoms with van der Waals surface area (Å²) in [5, 5.41) is 17.3. The average molecular weight is 444 g/mol. The van der Waals surface area contributed by atoms with Crippen molar-refractivity contribution in [1.82, 2.24) is 25.5 Å². The standard InChI is InChI=1S/C24H21FN6O2/c1-15-9-8-13-19(21(15)27-23(32)18-12-6-7-14-20(18)25)24(33)26-16(2)22-28-29-30-31(22)17-10-4-3-5-11-17/h3-14,16H,1-2H3,(H,26,33)(H,27,32). The van der Waals surface area contributed by atoms with E-state index in [0.29, 0.717) is 17.1 Å². The first kappa shape index (κ1) is 21.8. The van der Waals surface area contributed by atoms with Crippen molar-refractivity contribution in [3.63, 3.8) is 0 Å². The Morgan fingerprint density at radius 1 is 0.909 bits per heavy atom. The lowest BCUT2D eigenvalue weighted by atomic mass is 10.1. The van der Waals surface area contributed by atoms with Crippen LogP contribution >= 0.6 is 0 Å². The highest BCUT2D eigenvalue weighted by molar-refractivity contribution is 6.09. The summed E-state index contributed by atoms with van der Waals surface area (Å²) < 4.78 is 15.6. The molecule has 3 aromatic carbocycles. The van der Waals surface area contributed by atoms with Crippen LogP contribution in [0, 0.1) is 12.7 Å². The third-order valence-corrected chi connectivity index (χ3v) is 5.10. The largest absolute Gasteiger partial charge is 0.342 e. The minimum absolute atomic E-state index is 0.109. The quantitative estimate of drug-likeness (QED) is 0.470. The molecule has 1 heterocycles. The Morgan fingerprint density at radius 2 is 1.61 bits per heavy atom. The number of amides is 2. The lowest BCUT2D eigenvalue weighted by Crippen LogP contribution is -2.30. The van der Waals surface area contributed by atoms with E-state index in [4.69, 9.17) is 0 Å². The number of halogens is 1. The summed E-state index contributed by atoms with van der Waals surface area (Å²) >= 11 is 0. The molecule has 0 fully saturated rings. The van der Waals surface area contributed by atoms with Gasteiger partial charge in [-0.2, -0.15) is 4.68 Å². The number of hydrogen-bond donors (Lipinski definition) is 2. The molecule has 0 saturated carbocycles. The predicted molar refractivity (Wildman–Crippen MR) is 121 cm³/mol. The summed E-state index contributed by atoms with van der Waals surface area (Å²) in [6.07, 6.45) is 0. The van der Waals surface area contributed by atoms with E-state index in [1.54, 1.807) is 42.8 Å². The normalized spacial score (nSPS) is 11.6. The van der Waals surface area contributed by atoms with Crippen molar-refractivity contribution >= 4 is 17.5 Å². The molecule has 1 unspecified atom stereocenters. The van der Waals surface area contributed by atoms with Gasteiger partial charge in [0.25, 0.3) is 11.8 Å². The highest BCUT2D eigenvalue weighted by atomic mass is 19.1. The molecule has 0 spiro atoms. The van der Waals surface area contributed by atoms with Crippen molar-refractivity contribution in [2.45, 2.75) is 19.9 Å². The summed E-state index contributed by atoms with van der Waals surface area (Å²) in [6.45, 7) is 3.52. The molecule has 1 aromatic heterocycles. The second-order valence-corrected chi connectivity index (χ2v) is 7.41. The Morgan fingerprint density at radius 3 is 2.36 bits per heavy atom. The lowest BCUT2D eigenvalue weighted by Gasteiger charge is -2.17. The van der Waals surface area contributed by atoms with Crippen LogP contribution < -0.4 is 10.6 Å². The van der Waals surface area contributed by atoms with Gasteiger partial charge in [-0.3, -0.25) is 9.59 Å². The molecule has 0 bridgehead atoms. The number of carbonyl (C=O) groups excluding carboxylic acids is 2. The molecule has 166 valence electrons. The highest BCUT2D eigenvalue weighted by Crippen LogP contribution is 2.23. The van der Waals surface area contributed by atoms with Crippen LogP contribution in [0.25, 0.3) is 5.69 Å². The zero-order chi connectivity index (χ0) is 23.4. The molecule has 33 heavy (non-hydrogen) atoms. The van der Waals surface area contributed by atoms with Gasteiger partial charge in [0.15, 0.2) is 5.82 Å². The molecular formula is C24H21FN6O2. The molecular weight excluding hydrogens is 423 g/mol. The van der Waals surface area contributed by atoms with Gasteiger partial charge in [0.05, 0.1) is 28.5 Å². The van der Waals surface area contributed by atoms with Gasteiger partial charge in [0.2, 0.25) is 0 Å². The fourth-order valence-electron chi connectivity index (χ4n) is 3.41. The Kier molecular flexibility index (Phi) is 6.21. The van der Waals surface area contributed by atoms with E-state index in [2.05, 4.69) is 26.2 Å². The minimum Gasteiger partial charge on any atom is -0.342 e. The molecule has 8 nitrogen and oxygen atoms in total. The third kappa shape index (κ3) is 4.62. The molecule has 0 aliphatic carbocycles. The molecule has 9 heteroatoms. The zero-order valence-electron chi connectivity index (χ0n) is 18.0. The van der Waals surface area contributed by atoms with E-state index in [9.17, 15) is 14.0 Å². The van der Waals surface area contributed by atoms with Crippen LogP contribution in [0.15, 0.2) is 72.8 Å². The Bertz CT molecular complexity index is 1310. The number of nitrogens with one attached hydrogen (secondary N) is 2. The highest BCUT2D eigenvalue weighted by Gasteiger charge is 2.22. The van der Waals surface area contributed by atoms with Crippen LogP contribution in [-0.2, 0) is 0 Å². The molecule has 4 rings (SSSR count).